The van der Waals surface area contributed by atoms with Crippen molar-refractivity contribution in [3.63, 3.8) is 0 Å². The molecule has 7 heteroatoms. The number of carbonyl (C=O) groups excluding carboxylic acids is 2. The highest BCUT2D eigenvalue weighted by atomic mass is 16.5. The quantitative estimate of drug-likeness (QED) is 0.661. The standard InChI is InChI=1S/C10H18N2O5/c1-6(9(15)17-4)5-12(3)10(16)11-7(2)8(13)14/h6-7H,5H2,1-4H3,(H,11,16)(H,13,14)/t6?,7-/m0/s1. The highest BCUT2D eigenvalue weighted by molar-refractivity contribution is 5.82. The molecule has 0 aliphatic rings. The molecule has 0 aliphatic heterocycles. The first-order valence-electron chi connectivity index (χ1n) is 5.11. The van der Waals surface area contributed by atoms with Gasteiger partial charge in [0.15, 0.2) is 0 Å². The summed E-state index contributed by atoms with van der Waals surface area (Å²) in [6.45, 7) is 3.14. The number of nitrogens with zero attached hydrogens (tertiary/aromatic N) is 1. The fraction of sp³-hybridized carbons (Fsp3) is 0.700. The van der Waals surface area contributed by atoms with Crippen LogP contribution >= 0.6 is 0 Å². The van der Waals surface area contributed by atoms with Gasteiger partial charge in [-0.3, -0.25) is 9.59 Å². The van der Waals surface area contributed by atoms with E-state index >= 15 is 0 Å². The zero-order valence-electron chi connectivity index (χ0n) is 10.4. The monoisotopic (exact) mass is 246 g/mol. The van der Waals surface area contributed by atoms with E-state index in [-0.39, 0.29) is 6.54 Å². The molecule has 2 N–H and O–H groups in total. The lowest BCUT2D eigenvalue weighted by Crippen LogP contribution is -2.46. The van der Waals surface area contributed by atoms with Gasteiger partial charge in [0, 0.05) is 13.6 Å². The van der Waals surface area contributed by atoms with Crippen LogP contribution in [0.4, 0.5) is 4.79 Å². The topological polar surface area (TPSA) is 95.9 Å². The predicted octanol–water partition coefficient (Wildman–Crippen LogP) is -0.0900. The lowest BCUT2D eigenvalue weighted by molar-refractivity contribution is -0.145. The third-order valence-corrected chi connectivity index (χ3v) is 2.21. The fourth-order valence-electron chi connectivity index (χ4n) is 1.13. The summed E-state index contributed by atoms with van der Waals surface area (Å²) in [5.41, 5.74) is 0. The first kappa shape index (κ1) is 15.2. The number of amides is 2. The average molecular weight is 246 g/mol. The largest absolute Gasteiger partial charge is 0.480 e. The van der Waals surface area contributed by atoms with E-state index in [1.54, 1.807) is 6.92 Å². The van der Waals surface area contributed by atoms with Crippen molar-refractivity contribution in [2.75, 3.05) is 20.7 Å². The molecule has 98 valence electrons. The Bertz CT molecular complexity index is 305. The Hall–Kier alpha value is -1.79. The summed E-state index contributed by atoms with van der Waals surface area (Å²) in [6, 6.07) is -1.52. The summed E-state index contributed by atoms with van der Waals surface area (Å²) in [5.74, 6) is -2.00. The van der Waals surface area contributed by atoms with Crippen LogP contribution in [0, 0.1) is 5.92 Å². The first-order valence-corrected chi connectivity index (χ1v) is 5.11. The van der Waals surface area contributed by atoms with Gasteiger partial charge in [-0.05, 0) is 6.92 Å². The molecule has 17 heavy (non-hydrogen) atoms. The van der Waals surface area contributed by atoms with Crippen molar-refractivity contribution < 1.29 is 24.2 Å². The van der Waals surface area contributed by atoms with Crippen LogP contribution in [0.5, 0.6) is 0 Å². The second-order valence-corrected chi connectivity index (χ2v) is 3.81. The van der Waals surface area contributed by atoms with E-state index in [0.717, 1.165) is 0 Å². The van der Waals surface area contributed by atoms with Gasteiger partial charge in [0.05, 0.1) is 13.0 Å². The molecule has 0 rings (SSSR count). The molecule has 0 aromatic rings. The molecule has 2 amide bonds. The maximum absolute atomic E-state index is 11.5. The van der Waals surface area contributed by atoms with Crippen LogP contribution in [0.1, 0.15) is 13.8 Å². The second kappa shape index (κ2) is 6.72. The highest BCUT2D eigenvalue weighted by Gasteiger charge is 2.21. The number of esters is 1. The van der Waals surface area contributed by atoms with Crippen LogP contribution < -0.4 is 5.32 Å². The lowest BCUT2D eigenvalue weighted by atomic mass is 10.2. The van der Waals surface area contributed by atoms with Gasteiger partial charge >= 0.3 is 18.0 Å². The van der Waals surface area contributed by atoms with Gasteiger partial charge in [0.1, 0.15) is 6.04 Å². The van der Waals surface area contributed by atoms with Crippen LogP contribution in [0.25, 0.3) is 0 Å². The smallest absolute Gasteiger partial charge is 0.325 e. The van der Waals surface area contributed by atoms with Gasteiger partial charge < -0.3 is 20.1 Å². The van der Waals surface area contributed by atoms with Crippen molar-refractivity contribution in [1.29, 1.82) is 0 Å². The summed E-state index contributed by atoms with van der Waals surface area (Å²) in [4.78, 5) is 34.4. The van der Waals surface area contributed by atoms with Gasteiger partial charge in [-0.15, -0.1) is 0 Å². The van der Waals surface area contributed by atoms with Crippen LogP contribution in [-0.4, -0.2) is 54.7 Å². The number of hydrogen-bond donors (Lipinski definition) is 2. The molecule has 7 nitrogen and oxygen atoms in total. The van der Waals surface area contributed by atoms with E-state index in [4.69, 9.17) is 5.11 Å². The number of urea groups is 1. The van der Waals surface area contributed by atoms with E-state index in [2.05, 4.69) is 10.1 Å². The highest BCUT2D eigenvalue weighted by Crippen LogP contribution is 2.01. The molecule has 0 radical (unpaired) electrons. The number of carbonyl (C=O) groups is 3. The summed E-state index contributed by atoms with van der Waals surface area (Å²) in [5, 5.41) is 10.9. The third-order valence-electron chi connectivity index (χ3n) is 2.21. The Kier molecular flexibility index (Phi) is 6.01. The van der Waals surface area contributed by atoms with Crippen molar-refractivity contribution in [2.45, 2.75) is 19.9 Å². The average Bonchev–Trinajstić information content (AvgIpc) is 2.27. The summed E-state index contributed by atoms with van der Waals surface area (Å²) < 4.78 is 4.52. The van der Waals surface area contributed by atoms with Crippen molar-refractivity contribution in [1.82, 2.24) is 10.2 Å². The van der Waals surface area contributed by atoms with Crippen molar-refractivity contribution in [2.24, 2.45) is 5.92 Å². The number of aliphatic carboxylic acids is 1. The van der Waals surface area contributed by atoms with Gasteiger partial charge in [0.25, 0.3) is 0 Å². The number of carboxylic acids is 1. The van der Waals surface area contributed by atoms with Gasteiger partial charge in [-0.2, -0.15) is 0 Å². The van der Waals surface area contributed by atoms with Crippen molar-refractivity contribution in [3.05, 3.63) is 0 Å². The zero-order valence-corrected chi connectivity index (χ0v) is 10.4. The molecule has 0 aromatic heterocycles. The van der Waals surface area contributed by atoms with Gasteiger partial charge in [0.2, 0.25) is 0 Å². The van der Waals surface area contributed by atoms with Crippen LogP contribution in [0.15, 0.2) is 0 Å². The van der Waals surface area contributed by atoms with E-state index in [1.165, 1.54) is 26.0 Å². The van der Waals surface area contributed by atoms with Crippen molar-refractivity contribution in [3.8, 4) is 0 Å². The molecule has 1 unspecified atom stereocenters. The molecule has 0 saturated carbocycles. The van der Waals surface area contributed by atoms with E-state index in [9.17, 15) is 14.4 Å². The van der Waals surface area contributed by atoms with E-state index in [0.29, 0.717) is 0 Å². The van der Waals surface area contributed by atoms with Gasteiger partial charge in [-0.25, -0.2) is 4.79 Å². The number of carboxylic acid groups (broad SMARTS) is 1. The molecule has 0 fully saturated rings. The molecule has 0 aliphatic carbocycles. The Balaban J connectivity index is 4.23. The molecular weight excluding hydrogens is 228 g/mol. The minimum atomic E-state index is -1.12. The van der Waals surface area contributed by atoms with Gasteiger partial charge in [-0.1, -0.05) is 6.92 Å². The summed E-state index contributed by atoms with van der Waals surface area (Å²) in [7, 11) is 2.74. The minimum Gasteiger partial charge on any atom is -0.480 e. The Morgan fingerprint density at radius 1 is 1.35 bits per heavy atom. The van der Waals surface area contributed by atoms with Crippen LogP contribution in [0.3, 0.4) is 0 Å². The Labute approximate surface area is 99.7 Å². The van der Waals surface area contributed by atoms with E-state index < -0.39 is 29.9 Å². The normalized spacial score (nSPS) is 13.4. The third kappa shape index (κ3) is 5.19. The van der Waals surface area contributed by atoms with Crippen LogP contribution in [-0.2, 0) is 14.3 Å². The maximum atomic E-state index is 11.5. The molecule has 0 heterocycles. The molecular formula is C10H18N2O5. The Morgan fingerprint density at radius 2 is 1.88 bits per heavy atom. The summed E-state index contributed by atoms with van der Waals surface area (Å²) in [6.07, 6.45) is 0. The second-order valence-electron chi connectivity index (χ2n) is 3.81. The SMILES string of the molecule is COC(=O)C(C)CN(C)C(=O)N[C@@H](C)C(=O)O. The molecule has 2 atom stereocenters. The number of methoxy groups -OCH3 is 1. The molecule has 0 saturated heterocycles. The van der Waals surface area contributed by atoms with E-state index in [1.807, 2.05) is 0 Å². The predicted molar refractivity (Wildman–Crippen MR) is 59.4 cm³/mol. The Morgan fingerprint density at radius 3 is 2.29 bits per heavy atom. The molecule has 0 spiro atoms. The zero-order chi connectivity index (χ0) is 13.6. The maximum Gasteiger partial charge on any atom is 0.325 e. The number of hydrogen-bond acceptors (Lipinski definition) is 4. The lowest BCUT2D eigenvalue weighted by Gasteiger charge is -2.21. The number of rotatable bonds is 5. The van der Waals surface area contributed by atoms with Crippen molar-refractivity contribution >= 4 is 18.0 Å². The first-order chi connectivity index (χ1) is 7.79. The molecule has 0 bridgehead atoms. The number of nitrogens with one attached hydrogen (secondary N) is 1. The summed E-state index contributed by atoms with van der Waals surface area (Å²) >= 11 is 0. The van der Waals surface area contributed by atoms with Crippen LogP contribution in [0.2, 0.25) is 0 Å². The number of ether oxygens (including phenoxy) is 1. The molecule has 0 aromatic carbocycles. The minimum absolute atomic E-state index is 0.158. The fourth-order valence-corrected chi connectivity index (χ4v) is 1.13.